The topological polar surface area (TPSA) is 79.9 Å². The molecule has 0 radical (unpaired) electrons. The van der Waals surface area contributed by atoms with Gasteiger partial charge < -0.3 is 10.1 Å². The Morgan fingerprint density at radius 3 is 3.08 bits per heavy atom. The van der Waals surface area contributed by atoms with Gasteiger partial charge in [0.15, 0.2) is 0 Å². The van der Waals surface area contributed by atoms with Crippen LogP contribution in [0.15, 0.2) is 48.7 Å². The van der Waals surface area contributed by atoms with E-state index in [0.717, 1.165) is 35.7 Å². The highest BCUT2D eigenvalue weighted by atomic mass is 16.5. The van der Waals surface area contributed by atoms with Gasteiger partial charge in [-0.25, -0.2) is 0 Å². The van der Waals surface area contributed by atoms with Gasteiger partial charge in [0.1, 0.15) is 11.4 Å². The third-order valence-corrected chi connectivity index (χ3v) is 3.96. The SMILES string of the molecule is O=C(NCc1ccccn1)c1cc(-c2ccc3c(c2)CCO3)n[nH]1. The lowest BCUT2D eigenvalue weighted by molar-refractivity contribution is 0.0945. The van der Waals surface area contributed by atoms with Gasteiger partial charge in [-0.05, 0) is 42.0 Å². The molecule has 0 unspecified atom stereocenters. The Morgan fingerprint density at radius 2 is 2.21 bits per heavy atom. The molecular formula is C18H16N4O2. The van der Waals surface area contributed by atoms with Gasteiger partial charge in [-0.2, -0.15) is 5.10 Å². The minimum absolute atomic E-state index is 0.205. The zero-order chi connectivity index (χ0) is 16.4. The van der Waals surface area contributed by atoms with Crippen LogP contribution in [0.4, 0.5) is 0 Å². The summed E-state index contributed by atoms with van der Waals surface area (Å²) >= 11 is 0. The van der Waals surface area contributed by atoms with Crippen LogP contribution in [0.2, 0.25) is 0 Å². The first-order chi connectivity index (χ1) is 11.8. The smallest absolute Gasteiger partial charge is 0.269 e. The maximum atomic E-state index is 12.2. The van der Waals surface area contributed by atoms with E-state index >= 15 is 0 Å². The molecule has 3 heterocycles. The largest absolute Gasteiger partial charge is 0.493 e. The third-order valence-electron chi connectivity index (χ3n) is 3.96. The van der Waals surface area contributed by atoms with E-state index in [9.17, 15) is 4.79 Å². The first kappa shape index (κ1) is 14.4. The van der Waals surface area contributed by atoms with Gasteiger partial charge in [0.05, 0.1) is 24.5 Å². The minimum atomic E-state index is -0.205. The van der Waals surface area contributed by atoms with Crippen molar-refractivity contribution in [2.75, 3.05) is 6.61 Å². The van der Waals surface area contributed by atoms with E-state index in [0.29, 0.717) is 12.2 Å². The number of benzene rings is 1. The van der Waals surface area contributed by atoms with Gasteiger partial charge in [-0.1, -0.05) is 6.07 Å². The Kier molecular flexibility index (Phi) is 3.70. The molecule has 0 aliphatic carbocycles. The summed E-state index contributed by atoms with van der Waals surface area (Å²) in [5.41, 5.74) is 4.13. The number of nitrogens with zero attached hydrogens (tertiary/aromatic N) is 2. The lowest BCUT2D eigenvalue weighted by atomic mass is 10.1. The van der Waals surface area contributed by atoms with Crippen LogP contribution in [0.5, 0.6) is 5.75 Å². The van der Waals surface area contributed by atoms with E-state index in [4.69, 9.17) is 4.74 Å². The molecule has 0 saturated carbocycles. The zero-order valence-electron chi connectivity index (χ0n) is 13.0. The van der Waals surface area contributed by atoms with Crippen LogP contribution in [0.1, 0.15) is 21.7 Å². The Balaban J connectivity index is 1.47. The fourth-order valence-corrected chi connectivity index (χ4v) is 2.70. The Morgan fingerprint density at radius 1 is 1.25 bits per heavy atom. The number of hydrogen-bond donors (Lipinski definition) is 2. The molecule has 1 aliphatic heterocycles. The lowest BCUT2D eigenvalue weighted by Gasteiger charge is -2.02. The molecule has 6 nitrogen and oxygen atoms in total. The summed E-state index contributed by atoms with van der Waals surface area (Å²) in [4.78, 5) is 16.4. The number of aromatic nitrogens is 3. The molecule has 3 aromatic rings. The molecule has 0 bridgehead atoms. The molecule has 120 valence electrons. The minimum Gasteiger partial charge on any atom is -0.493 e. The molecule has 0 saturated heterocycles. The van der Waals surface area contributed by atoms with Crippen molar-refractivity contribution in [3.63, 3.8) is 0 Å². The Labute approximate surface area is 138 Å². The number of amides is 1. The maximum absolute atomic E-state index is 12.2. The number of nitrogens with one attached hydrogen (secondary N) is 2. The van der Waals surface area contributed by atoms with Crippen molar-refractivity contribution in [3.05, 3.63) is 65.6 Å². The fraction of sp³-hybridized carbons (Fsp3) is 0.167. The number of fused-ring (bicyclic) bond motifs is 1. The predicted octanol–water partition coefficient (Wildman–Crippen LogP) is 2.34. The van der Waals surface area contributed by atoms with Crippen LogP contribution in [0, 0.1) is 0 Å². The number of carbonyl (C=O) groups is 1. The van der Waals surface area contributed by atoms with E-state index in [-0.39, 0.29) is 5.91 Å². The van der Waals surface area contributed by atoms with Gasteiger partial charge in [0, 0.05) is 18.2 Å². The molecule has 24 heavy (non-hydrogen) atoms. The third kappa shape index (κ3) is 2.86. The summed E-state index contributed by atoms with van der Waals surface area (Å²) in [6, 6.07) is 13.3. The van der Waals surface area contributed by atoms with Gasteiger partial charge in [-0.3, -0.25) is 14.9 Å². The summed E-state index contributed by atoms with van der Waals surface area (Å²) in [6.07, 6.45) is 2.61. The summed E-state index contributed by atoms with van der Waals surface area (Å²) < 4.78 is 5.51. The molecule has 2 aromatic heterocycles. The van der Waals surface area contributed by atoms with Crippen LogP contribution >= 0.6 is 0 Å². The van der Waals surface area contributed by atoms with Crippen molar-refractivity contribution in [2.24, 2.45) is 0 Å². The second-order valence-electron chi connectivity index (χ2n) is 5.59. The molecule has 0 atom stereocenters. The van der Waals surface area contributed by atoms with E-state index in [1.54, 1.807) is 12.3 Å². The van der Waals surface area contributed by atoms with Crippen LogP contribution in [0.3, 0.4) is 0 Å². The number of rotatable bonds is 4. The normalized spacial score (nSPS) is 12.5. The van der Waals surface area contributed by atoms with Crippen LogP contribution in [-0.4, -0.2) is 27.7 Å². The molecule has 1 aromatic carbocycles. The van der Waals surface area contributed by atoms with Gasteiger partial charge in [-0.15, -0.1) is 0 Å². The molecule has 0 fully saturated rings. The standard InChI is InChI=1S/C18H16N4O2/c23-18(20-11-14-3-1-2-7-19-14)16-10-15(21-22-16)12-4-5-17-13(9-12)6-8-24-17/h1-5,7,9-10H,6,8,11H2,(H,20,23)(H,21,22). The molecule has 6 heteroatoms. The highest BCUT2D eigenvalue weighted by molar-refractivity contribution is 5.93. The van der Waals surface area contributed by atoms with Crippen LogP contribution in [0.25, 0.3) is 11.3 Å². The van der Waals surface area contributed by atoms with Crippen molar-refractivity contribution in [3.8, 4) is 17.0 Å². The molecule has 1 amide bonds. The van der Waals surface area contributed by atoms with E-state index in [2.05, 4.69) is 26.6 Å². The Hall–Kier alpha value is -3.15. The monoisotopic (exact) mass is 320 g/mol. The van der Waals surface area contributed by atoms with E-state index in [1.165, 1.54) is 5.56 Å². The average molecular weight is 320 g/mol. The Bertz CT molecular complexity index is 874. The first-order valence-electron chi connectivity index (χ1n) is 7.79. The van der Waals surface area contributed by atoms with Crippen molar-refractivity contribution in [1.29, 1.82) is 0 Å². The number of ether oxygens (including phenoxy) is 1. The van der Waals surface area contributed by atoms with Gasteiger partial charge in [0.2, 0.25) is 0 Å². The number of aromatic amines is 1. The van der Waals surface area contributed by atoms with Crippen molar-refractivity contribution < 1.29 is 9.53 Å². The highest BCUT2D eigenvalue weighted by Gasteiger charge is 2.15. The van der Waals surface area contributed by atoms with Gasteiger partial charge >= 0.3 is 0 Å². The second-order valence-corrected chi connectivity index (χ2v) is 5.59. The van der Waals surface area contributed by atoms with Crippen LogP contribution in [-0.2, 0) is 13.0 Å². The number of hydrogen-bond acceptors (Lipinski definition) is 4. The summed E-state index contributed by atoms with van der Waals surface area (Å²) in [5.74, 6) is 0.728. The predicted molar refractivity (Wildman–Crippen MR) is 88.6 cm³/mol. The molecule has 1 aliphatic rings. The molecule has 2 N–H and O–H groups in total. The maximum Gasteiger partial charge on any atom is 0.269 e. The summed E-state index contributed by atoms with van der Waals surface area (Å²) in [6.45, 7) is 1.10. The number of H-pyrrole nitrogens is 1. The summed E-state index contributed by atoms with van der Waals surface area (Å²) in [5, 5.41) is 9.87. The summed E-state index contributed by atoms with van der Waals surface area (Å²) in [7, 11) is 0. The zero-order valence-corrected chi connectivity index (χ0v) is 13.0. The first-order valence-corrected chi connectivity index (χ1v) is 7.79. The van der Waals surface area contributed by atoms with E-state index in [1.807, 2.05) is 30.3 Å². The molecule has 4 rings (SSSR count). The van der Waals surface area contributed by atoms with Crippen molar-refractivity contribution >= 4 is 5.91 Å². The van der Waals surface area contributed by atoms with Crippen LogP contribution < -0.4 is 10.1 Å². The average Bonchev–Trinajstić information content (AvgIpc) is 3.29. The van der Waals surface area contributed by atoms with E-state index < -0.39 is 0 Å². The quantitative estimate of drug-likeness (QED) is 0.773. The fourth-order valence-electron chi connectivity index (χ4n) is 2.70. The van der Waals surface area contributed by atoms with Crippen molar-refractivity contribution in [2.45, 2.75) is 13.0 Å². The highest BCUT2D eigenvalue weighted by Crippen LogP contribution is 2.29. The molecule has 0 spiro atoms. The lowest BCUT2D eigenvalue weighted by Crippen LogP contribution is -2.23. The number of pyridine rings is 1. The second kappa shape index (κ2) is 6.16. The molecular weight excluding hydrogens is 304 g/mol. The number of carbonyl (C=O) groups excluding carboxylic acids is 1. The van der Waals surface area contributed by atoms with Gasteiger partial charge in [0.25, 0.3) is 5.91 Å². The van der Waals surface area contributed by atoms with Crippen molar-refractivity contribution in [1.82, 2.24) is 20.5 Å².